The summed E-state index contributed by atoms with van der Waals surface area (Å²) in [5, 5.41) is 8.48. The molecule has 7 heteroatoms. The molecule has 0 amide bonds. The molecule has 1 rings (SSSR count). The van der Waals surface area contributed by atoms with Crippen molar-refractivity contribution >= 4 is 5.71 Å². The summed E-state index contributed by atoms with van der Waals surface area (Å²) in [6, 6.07) is 0. The van der Waals surface area contributed by atoms with Gasteiger partial charge in [-0.3, -0.25) is 14.8 Å². The van der Waals surface area contributed by atoms with Crippen LogP contribution in [0.5, 0.6) is 0 Å². The Bertz CT molecular complexity index is 582. The zero-order chi connectivity index (χ0) is 13.5. The lowest BCUT2D eigenvalue weighted by Crippen LogP contribution is -2.27. The lowest BCUT2D eigenvalue weighted by Gasteiger charge is -2.08. The summed E-state index contributed by atoms with van der Waals surface area (Å²) in [5.41, 5.74) is -0.468. The van der Waals surface area contributed by atoms with E-state index in [1.54, 1.807) is 26.5 Å². The summed E-state index contributed by atoms with van der Waals surface area (Å²) in [4.78, 5) is 27.0. The van der Waals surface area contributed by atoms with E-state index >= 15 is 0 Å². The number of nitrogens with zero attached hydrogens (tertiary/aromatic N) is 2. The Labute approximate surface area is 104 Å². The van der Waals surface area contributed by atoms with Crippen molar-refractivity contribution in [1.29, 1.82) is 0 Å². The minimum absolute atomic E-state index is 0.245. The van der Waals surface area contributed by atoms with E-state index in [0.29, 0.717) is 5.71 Å². The van der Waals surface area contributed by atoms with Gasteiger partial charge in [0.15, 0.2) is 0 Å². The molecule has 0 aromatic carbocycles. The van der Waals surface area contributed by atoms with E-state index < -0.39 is 11.2 Å². The maximum Gasteiger partial charge on any atom is 0.325 e. The van der Waals surface area contributed by atoms with Crippen molar-refractivity contribution in [2.24, 2.45) is 5.10 Å². The maximum atomic E-state index is 11.6. The fourth-order valence-electron chi connectivity index (χ4n) is 1.19. The fourth-order valence-corrected chi connectivity index (χ4v) is 1.19. The van der Waals surface area contributed by atoms with E-state index in [-0.39, 0.29) is 5.56 Å². The Morgan fingerprint density at radius 3 is 2.83 bits per heavy atom. The predicted octanol–water partition coefficient (Wildman–Crippen LogP) is -0.424. The van der Waals surface area contributed by atoms with Crippen LogP contribution in [0.15, 0.2) is 45.9 Å². The van der Waals surface area contributed by atoms with Gasteiger partial charge in [0.25, 0.3) is 5.56 Å². The van der Waals surface area contributed by atoms with Gasteiger partial charge >= 0.3 is 5.69 Å². The molecule has 0 radical (unpaired) electrons. The average Bonchev–Trinajstić information content (AvgIpc) is 2.34. The van der Waals surface area contributed by atoms with Crippen LogP contribution in [0.2, 0.25) is 0 Å². The molecule has 0 unspecified atom stereocenters. The predicted molar refractivity (Wildman–Crippen MR) is 70.4 cm³/mol. The fraction of sp³-hybridized carbons (Fsp3) is 0.182. The quantitative estimate of drug-likeness (QED) is 0.488. The Morgan fingerprint density at radius 1 is 1.56 bits per heavy atom. The molecule has 0 saturated carbocycles. The number of hydrazone groups is 1. The zero-order valence-corrected chi connectivity index (χ0v) is 10.2. The Morgan fingerprint density at radius 2 is 2.28 bits per heavy atom. The topological polar surface area (TPSA) is 93.3 Å². The molecular formula is C11H15N5O2. The molecule has 7 nitrogen and oxygen atoms in total. The molecule has 0 atom stereocenters. The number of H-pyrrole nitrogens is 2. The molecule has 18 heavy (non-hydrogen) atoms. The number of hydrogen-bond donors (Lipinski definition) is 3. The van der Waals surface area contributed by atoms with E-state index in [1.807, 2.05) is 0 Å². The molecule has 1 heterocycles. The number of aromatic nitrogens is 2. The molecule has 0 spiro atoms. The van der Waals surface area contributed by atoms with Gasteiger partial charge in [-0.25, -0.2) is 4.79 Å². The minimum atomic E-state index is -0.560. The first-order valence-corrected chi connectivity index (χ1v) is 5.18. The first-order valence-electron chi connectivity index (χ1n) is 5.18. The molecule has 3 N–H and O–H groups in total. The second kappa shape index (κ2) is 6.24. The smallest absolute Gasteiger partial charge is 0.325 e. The van der Waals surface area contributed by atoms with Gasteiger partial charge < -0.3 is 10.3 Å². The minimum Gasteiger partial charge on any atom is -0.393 e. The van der Waals surface area contributed by atoms with Crippen LogP contribution in [0.3, 0.4) is 0 Å². The van der Waals surface area contributed by atoms with Gasteiger partial charge in [-0.15, -0.1) is 0 Å². The van der Waals surface area contributed by atoms with Gasteiger partial charge in [0.1, 0.15) is 0 Å². The highest BCUT2D eigenvalue weighted by Crippen LogP contribution is 1.96. The normalized spacial score (nSPS) is 11.6. The van der Waals surface area contributed by atoms with Crippen LogP contribution in [0, 0.1) is 0 Å². The van der Waals surface area contributed by atoms with Crippen molar-refractivity contribution in [3.05, 3.63) is 57.7 Å². The molecule has 0 fully saturated rings. The highest BCUT2D eigenvalue weighted by Gasteiger charge is 2.06. The second-order valence-electron chi connectivity index (χ2n) is 3.35. The Hall–Kier alpha value is -2.57. The number of hydrogen-bond acceptors (Lipinski definition) is 5. The van der Waals surface area contributed by atoms with Gasteiger partial charge in [0.05, 0.1) is 11.3 Å². The molecule has 1 aromatic rings. The van der Waals surface area contributed by atoms with Crippen LogP contribution in [0.25, 0.3) is 0 Å². The van der Waals surface area contributed by atoms with Crippen LogP contribution < -0.4 is 16.6 Å². The van der Waals surface area contributed by atoms with Crippen molar-refractivity contribution in [2.45, 2.75) is 0 Å². The number of aromatic amines is 2. The third-order valence-electron chi connectivity index (χ3n) is 2.01. The SMILES string of the molecule is C=C/C(=N\N(C)/C=C\NC)c1c[nH]c(=O)[nH]c1=O. The molecule has 0 saturated heterocycles. The van der Waals surface area contributed by atoms with Gasteiger partial charge in [0.2, 0.25) is 0 Å². The highest BCUT2D eigenvalue weighted by atomic mass is 16.2. The summed E-state index contributed by atoms with van der Waals surface area (Å²) >= 11 is 0. The highest BCUT2D eigenvalue weighted by molar-refractivity contribution is 6.07. The van der Waals surface area contributed by atoms with Crippen molar-refractivity contribution in [1.82, 2.24) is 20.3 Å². The van der Waals surface area contributed by atoms with Gasteiger partial charge in [-0.1, -0.05) is 6.58 Å². The summed E-state index contributed by atoms with van der Waals surface area (Å²) < 4.78 is 0. The first kappa shape index (κ1) is 13.5. The van der Waals surface area contributed by atoms with E-state index in [4.69, 9.17) is 0 Å². The second-order valence-corrected chi connectivity index (χ2v) is 3.35. The lowest BCUT2D eigenvalue weighted by atomic mass is 10.2. The van der Waals surface area contributed by atoms with Crippen molar-refractivity contribution in [2.75, 3.05) is 14.1 Å². The molecule has 0 aliphatic carbocycles. The van der Waals surface area contributed by atoms with Gasteiger partial charge in [0, 0.05) is 32.7 Å². The third-order valence-corrected chi connectivity index (χ3v) is 2.01. The van der Waals surface area contributed by atoms with E-state index in [2.05, 4.69) is 27.0 Å². The van der Waals surface area contributed by atoms with Gasteiger partial charge in [-0.2, -0.15) is 5.10 Å². The number of rotatable bonds is 5. The number of allylic oxidation sites excluding steroid dienone is 1. The van der Waals surface area contributed by atoms with E-state index in [9.17, 15) is 9.59 Å². The lowest BCUT2D eigenvalue weighted by molar-refractivity contribution is 0.488. The van der Waals surface area contributed by atoms with Crippen molar-refractivity contribution < 1.29 is 0 Å². The van der Waals surface area contributed by atoms with Crippen LogP contribution in [0.1, 0.15) is 5.56 Å². The van der Waals surface area contributed by atoms with Crippen molar-refractivity contribution in [3.8, 4) is 0 Å². The molecule has 96 valence electrons. The van der Waals surface area contributed by atoms with Gasteiger partial charge in [-0.05, 0) is 6.08 Å². The Balaban J connectivity index is 3.13. The standard InChI is InChI=1S/C11H15N5O2/c1-4-9(15-16(3)6-5-12-2)8-7-13-11(18)14-10(8)17/h4-7,12H,1H2,2-3H3,(H2,13,14,17,18)/b6-5-,15-9+. The largest absolute Gasteiger partial charge is 0.393 e. The average molecular weight is 249 g/mol. The van der Waals surface area contributed by atoms with Crippen LogP contribution >= 0.6 is 0 Å². The molecular weight excluding hydrogens is 234 g/mol. The van der Waals surface area contributed by atoms with E-state index in [0.717, 1.165) is 0 Å². The molecule has 0 aliphatic heterocycles. The third kappa shape index (κ3) is 3.48. The summed E-state index contributed by atoms with van der Waals surface area (Å²) in [6.07, 6.45) is 6.09. The summed E-state index contributed by atoms with van der Waals surface area (Å²) in [6.45, 7) is 3.59. The summed E-state index contributed by atoms with van der Waals surface area (Å²) in [5.74, 6) is 0. The molecule has 1 aromatic heterocycles. The summed E-state index contributed by atoms with van der Waals surface area (Å²) in [7, 11) is 3.46. The maximum absolute atomic E-state index is 11.6. The first-order chi connectivity index (χ1) is 8.58. The van der Waals surface area contributed by atoms with E-state index in [1.165, 1.54) is 17.3 Å². The molecule has 0 aliphatic rings. The number of nitrogens with one attached hydrogen (secondary N) is 3. The van der Waals surface area contributed by atoms with Crippen LogP contribution in [-0.4, -0.2) is 34.8 Å². The van der Waals surface area contributed by atoms with Crippen molar-refractivity contribution in [3.63, 3.8) is 0 Å². The van der Waals surface area contributed by atoms with Crippen LogP contribution in [0.4, 0.5) is 0 Å². The monoisotopic (exact) mass is 249 g/mol. The Kier molecular flexibility index (Phi) is 4.67. The molecule has 0 bridgehead atoms. The zero-order valence-electron chi connectivity index (χ0n) is 10.2. The van der Waals surface area contributed by atoms with Crippen LogP contribution in [-0.2, 0) is 0 Å².